The van der Waals surface area contributed by atoms with Gasteiger partial charge in [-0.1, -0.05) is 6.92 Å². The van der Waals surface area contributed by atoms with Gasteiger partial charge >= 0.3 is 6.09 Å². The number of hydrogen-bond donors (Lipinski definition) is 5. The largest absolute Gasteiger partial charge is 0.465 e. The molecule has 3 aromatic heterocycles. The molecule has 0 radical (unpaired) electrons. The Labute approximate surface area is 200 Å². The van der Waals surface area contributed by atoms with Crippen molar-refractivity contribution < 1.29 is 19.1 Å². The highest BCUT2D eigenvalue weighted by Crippen LogP contribution is 2.37. The zero-order valence-electron chi connectivity index (χ0n) is 19.2. The fraction of sp³-hybridized carbons (Fsp3) is 0.364. The number of aryl methyl sites for hydroxylation is 1. The second-order valence-electron chi connectivity index (χ2n) is 8.32. The Morgan fingerprint density at radius 3 is 2.57 bits per heavy atom. The Balaban J connectivity index is 1.67. The Bertz CT molecular complexity index is 1230. The fourth-order valence-corrected chi connectivity index (χ4v) is 3.91. The van der Waals surface area contributed by atoms with Gasteiger partial charge in [0.1, 0.15) is 11.5 Å². The zero-order chi connectivity index (χ0) is 25.1. The van der Waals surface area contributed by atoms with Gasteiger partial charge in [-0.3, -0.25) is 9.78 Å². The maximum Gasteiger partial charge on any atom is 0.404 e. The molecule has 2 atom stereocenters. The van der Waals surface area contributed by atoms with Crippen molar-refractivity contribution in [1.29, 1.82) is 0 Å². The van der Waals surface area contributed by atoms with Crippen LogP contribution >= 0.6 is 0 Å². The minimum absolute atomic E-state index is 0.0280. The van der Waals surface area contributed by atoms with E-state index in [0.29, 0.717) is 23.5 Å². The van der Waals surface area contributed by atoms with E-state index in [9.17, 15) is 19.1 Å². The molecule has 35 heavy (non-hydrogen) atoms. The topological polar surface area (TPSA) is 173 Å². The average Bonchev–Trinajstić information content (AvgIpc) is 3.51. The first kappa shape index (κ1) is 23.9. The molecule has 1 aliphatic rings. The zero-order valence-corrected chi connectivity index (χ0v) is 19.2. The van der Waals surface area contributed by atoms with Crippen molar-refractivity contribution in [3.05, 3.63) is 47.8 Å². The van der Waals surface area contributed by atoms with Crippen LogP contribution in [0.1, 0.15) is 42.2 Å². The molecule has 0 bridgehead atoms. The smallest absolute Gasteiger partial charge is 0.404 e. The van der Waals surface area contributed by atoms with Gasteiger partial charge in [-0.15, -0.1) is 4.80 Å². The lowest BCUT2D eigenvalue weighted by Gasteiger charge is -2.28. The summed E-state index contributed by atoms with van der Waals surface area (Å²) < 4.78 is 15.0. The molecule has 13 heteroatoms. The van der Waals surface area contributed by atoms with Gasteiger partial charge in [0, 0.05) is 0 Å². The minimum Gasteiger partial charge on any atom is -0.465 e. The molecule has 1 fully saturated rings. The summed E-state index contributed by atoms with van der Waals surface area (Å²) in [6, 6.07) is 1.90. The van der Waals surface area contributed by atoms with Crippen LogP contribution in [0.2, 0.25) is 0 Å². The lowest BCUT2D eigenvalue weighted by Crippen LogP contribution is -2.47. The Morgan fingerprint density at radius 1 is 1.26 bits per heavy atom. The van der Waals surface area contributed by atoms with Gasteiger partial charge in [-0.25, -0.2) is 14.2 Å². The van der Waals surface area contributed by atoms with Crippen molar-refractivity contribution in [1.82, 2.24) is 30.3 Å². The highest BCUT2D eigenvalue weighted by molar-refractivity contribution is 5.98. The number of aromatic nitrogens is 5. The van der Waals surface area contributed by atoms with Crippen LogP contribution in [0.4, 0.5) is 26.5 Å². The molecule has 0 saturated heterocycles. The van der Waals surface area contributed by atoms with Crippen molar-refractivity contribution in [3.63, 3.8) is 0 Å². The van der Waals surface area contributed by atoms with Gasteiger partial charge in [-0.05, 0) is 44.2 Å². The molecule has 2 amide bonds. The molecular weight excluding hydrogens is 457 g/mol. The van der Waals surface area contributed by atoms with Crippen molar-refractivity contribution in [3.8, 4) is 5.69 Å². The number of pyridine rings is 2. The van der Waals surface area contributed by atoms with Crippen LogP contribution in [0, 0.1) is 18.7 Å². The van der Waals surface area contributed by atoms with E-state index >= 15 is 0 Å². The SMILES string of the molecule is CC[C@H](NC(=O)O)[C@@H](Nc1nc(Nc2cnc(C)c(-n3nccn3)c2)c(C(N)=O)cc1F)C1CC1. The minimum atomic E-state index is -1.15. The first-order chi connectivity index (χ1) is 16.8. The van der Waals surface area contributed by atoms with Crippen molar-refractivity contribution in [2.45, 2.75) is 45.2 Å². The van der Waals surface area contributed by atoms with Gasteiger partial charge in [0.05, 0.1) is 47.6 Å². The third kappa shape index (κ3) is 5.45. The lowest BCUT2D eigenvalue weighted by molar-refractivity contribution is 0.1000. The lowest BCUT2D eigenvalue weighted by atomic mass is 10.0. The number of halogens is 1. The Morgan fingerprint density at radius 2 is 1.97 bits per heavy atom. The molecule has 0 aromatic carbocycles. The summed E-state index contributed by atoms with van der Waals surface area (Å²) in [4.78, 5) is 33.3. The molecule has 0 unspecified atom stereocenters. The van der Waals surface area contributed by atoms with E-state index in [1.807, 2.05) is 6.92 Å². The maximum absolute atomic E-state index is 15.0. The van der Waals surface area contributed by atoms with Crippen LogP contribution in [0.15, 0.2) is 30.7 Å². The van der Waals surface area contributed by atoms with Crippen LogP contribution in [-0.4, -0.2) is 54.2 Å². The molecule has 1 saturated carbocycles. The third-order valence-corrected chi connectivity index (χ3v) is 5.81. The molecule has 184 valence electrons. The first-order valence-corrected chi connectivity index (χ1v) is 11.1. The van der Waals surface area contributed by atoms with E-state index in [1.165, 1.54) is 23.4 Å². The second-order valence-corrected chi connectivity index (χ2v) is 8.32. The number of nitrogens with zero attached hydrogens (tertiary/aromatic N) is 5. The highest BCUT2D eigenvalue weighted by Gasteiger charge is 2.37. The van der Waals surface area contributed by atoms with Crippen LogP contribution in [0.3, 0.4) is 0 Å². The first-order valence-electron chi connectivity index (χ1n) is 11.1. The van der Waals surface area contributed by atoms with Crippen LogP contribution in [0.25, 0.3) is 5.69 Å². The fourth-order valence-electron chi connectivity index (χ4n) is 3.91. The van der Waals surface area contributed by atoms with Crippen molar-refractivity contribution in [2.24, 2.45) is 11.7 Å². The number of rotatable bonds is 10. The summed E-state index contributed by atoms with van der Waals surface area (Å²) in [5, 5.41) is 25.9. The molecular formula is C22H26FN9O3. The Hall–Kier alpha value is -4.29. The number of nitrogens with two attached hydrogens (primary N) is 1. The second kappa shape index (κ2) is 9.91. The Kier molecular flexibility index (Phi) is 6.75. The van der Waals surface area contributed by atoms with E-state index in [4.69, 9.17) is 5.73 Å². The number of amides is 2. The number of primary amides is 1. The average molecular weight is 484 g/mol. The van der Waals surface area contributed by atoms with Gasteiger partial charge in [0.2, 0.25) is 0 Å². The predicted molar refractivity (Wildman–Crippen MR) is 125 cm³/mol. The van der Waals surface area contributed by atoms with Gasteiger partial charge < -0.3 is 26.8 Å². The van der Waals surface area contributed by atoms with Gasteiger partial charge in [0.15, 0.2) is 11.6 Å². The summed E-state index contributed by atoms with van der Waals surface area (Å²) in [6.07, 6.45) is 5.72. The molecule has 3 aromatic rings. The van der Waals surface area contributed by atoms with E-state index < -0.39 is 23.9 Å². The number of carboxylic acid groups (broad SMARTS) is 1. The normalized spacial score (nSPS) is 14.7. The van der Waals surface area contributed by atoms with Gasteiger partial charge in [0.25, 0.3) is 5.91 Å². The van der Waals surface area contributed by atoms with E-state index in [2.05, 4.69) is 36.1 Å². The van der Waals surface area contributed by atoms with Crippen molar-refractivity contribution in [2.75, 3.05) is 10.6 Å². The number of carbonyl (C=O) groups is 2. The van der Waals surface area contributed by atoms with Crippen LogP contribution in [-0.2, 0) is 0 Å². The molecule has 3 heterocycles. The number of anilines is 3. The van der Waals surface area contributed by atoms with E-state index in [0.717, 1.165) is 18.9 Å². The summed E-state index contributed by atoms with van der Waals surface area (Å²) in [5.74, 6) is -1.55. The molecule has 0 aliphatic heterocycles. The standard InChI is InChI=1S/C22H26FN9O3/c1-3-16(29-22(34)35)18(12-4-5-12)30-21-15(23)9-14(19(24)33)20(31-21)28-13-8-17(11(2)25-10-13)32-26-6-7-27-32/h6-10,12,16,18,29H,3-5H2,1-2H3,(H2,24,33)(H,34,35)(H2,28,30,31)/t16-,18-/m0/s1. The summed E-state index contributed by atoms with van der Waals surface area (Å²) >= 11 is 0. The quantitative estimate of drug-likeness (QED) is 0.290. The van der Waals surface area contributed by atoms with Gasteiger partial charge in [-0.2, -0.15) is 10.2 Å². The number of carbonyl (C=O) groups excluding carboxylic acids is 1. The van der Waals surface area contributed by atoms with Crippen molar-refractivity contribution >= 4 is 29.3 Å². The molecule has 6 N–H and O–H groups in total. The summed E-state index contributed by atoms with van der Waals surface area (Å²) in [6.45, 7) is 3.64. The maximum atomic E-state index is 15.0. The predicted octanol–water partition coefficient (Wildman–Crippen LogP) is 2.58. The third-order valence-electron chi connectivity index (χ3n) is 5.81. The van der Waals surface area contributed by atoms with E-state index in [1.54, 1.807) is 13.0 Å². The van der Waals surface area contributed by atoms with E-state index in [-0.39, 0.29) is 29.2 Å². The van der Waals surface area contributed by atoms with Crippen LogP contribution < -0.4 is 21.7 Å². The molecule has 1 aliphatic carbocycles. The monoisotopic (exact) mass is 483 g/mol. The molecule has 0 spiro atoms. The highest BCUT2D eigenvalue weighted by atomic mass is 19.1. The number of nitrogens with one attached hydrogen (secondary N) is 3. The van der Waals surface area contributed by atoms with Crippen LogP contribution in [0.5, 0.6) is 0 Å². The summed E-state index contributed by atoms with van der Waals surface area (Å²) in [5.41, 5.74) is 7.05. The number of hydrogen-bond acceptors (Lipinski definition) is 8. The molecule has 12 nitrogen and oxygen atoms in total. The molecule has 4 rings (SSSR count). The summed E-state index contributed by atoms with van der Waals surface area (Å²) in [7, 11) is 0.